The summed E-state index contributed by atoms with van der Waals surface area (Å²) >= 11 is 0. The lowest BCUT2D eigenvalue weighted by molar-refractivity contribution is 0.262. The Morgan fingerprint density at radius 3 is 2.88 bits per heavy atom. The van der Waals surface area contributed by atoms with E-state index in [1.54, 1.807) is 0 Å². The zero-order valence-corrected chi connectivity index (χ0v) is 10.4. The molecular weight excluding hydrogens is 219 g/mol. The highest BCUT2D eigenvalue weighted by Gasteiger charge is 2.24. The normalized spacial score (nSPS) is 21.3. The van der Waals surface area contributed by atoms with Gasteiger partial charge in [0.25, 0.3) is 0 Å². The molecule has 17 heavy (non-hydrogen) atoms. The minimum Gasteiger partial charge on any atom is -0.508 e. The van der Waals surface area contributed by atoms with Crippen molar-refractivity contribution in [1.82, 2.24) is 9.80 Å². The van der Waals surface area contributed by atoms with Gasteiger partial charge in [-0.05, 0) is 38.7 Å². The summed E-state index contributed by atoms with van der Waals surface area (Å²) in [4.78, 5) is 4.46. The monoisotopic (exact) mass is 238 g/mol. The first kappa shape index (κ1) is 12.3. The van der Waals surface area contributed by atoms with E-state index in [4.69, 9.17) is 0 Å². The first-order valence-electron chi connectivity index (χ1n) is 5.92. The fraction of sp³-hybridized carbons (Fsp3) is 0.538. The molecule has 0 saturated carbocycles. The van der Waals surface area contributed by atoms with E-state index in [0.29, 0.717) is 18.2 Å². The van der Waals surface area contributed by atoms with Crippen LogP contribution in [0.1, 0.15) is 12.0 Å². The van der Waals surface area contributed by atoms with E-state index in [-0.39, 0.29) is 11.6 Å². The number of hydrogen-bond donors (Lipinski definition) is 1. The molecule has 1 N–H and O–H groups in total. The summed E-state index contributed by atoms with van der Waals surface area (Å²) < 4.78 is 13.1. The lowest BCUT2D eigenvalue weighted by atomic mass is 10.2. The highest BCUT2D eigenvalue weighted by Crippen LogP contribution is 2.22. The van der Waals surface area contributed by atoms with Gasteiger partial charge in [-0.15, -0.1) is 0 Å². The number of phenolic OH excluding ortho intramolecular Hbond substituents is 1. The van der Waals surface area contributed by atoms with Crippen LogP contribution in [-0.4, -0.2) is 48.1 Å². The number of aromatic hydroxyl groups is 1. The molecule has 1 aliphatic heterocycles. The van der Waals surface area contributed by atoms with E-state index in [0.717, 1.165) is 19.5 Å². The van der Waals surface area contributed by atoms with Crippen molar-refractivity contribution in [3.8, 4) is 5.75 Å². The third-order valence-electron chi connectivity index (χ3n) is 3.41. The minimum atomic E-state index is -0.291. The van der Waals surface area contributed by atoms with E-state index in [2.05, 4.69) is 23.9 Å². The second kappa shape index (κ2) is 5.02. The molecular formula is C13H19FN2O. The largest absolute Gasteiger partial charge is 0.508 e. The molecule has 1 aromatic carbocycles. The maximum absolute atomic E-state index is 13.1. The van der Waals surface area contributed by atoms with Crippen LogP contribution in [0, 0.1) is 5.82 Å². The first-order chi connectivity index (χ1) is 8.06. The highest BCUT2D eigenvalue weighted by molar-refractivity contribution is 5.32. The topological polar surface area (TPSA) is 26.7 Å². The summed E-state index contributed by atoms with van der Waals surface area (Å²) in [6.07, 6.45) is 1.13. The summed E-state index contributed by atoms with van der Waals surface area (Å²) in [5, 5.41) is 9.67. The molecule has 1 saturated heterocycles. The van der Waals surface area contributed by atoms with Crippen LogP contribution in [0.25, 0.3) is 0 Å². The number of benzene rings is 1. The number of hydrogen-bond acceptors (Lipinski definition) is 3. The Morgan fingerprint density at radius 1 is 1.47 bits per heavy atom. The third kappa shape index (κ3) is 2.96. The van der Waals surface area contributed by atoms with E-state index in [9.17, 15) is 9.50 Å². The van der Waals surface area contributed by atoms with Crippen molar-refractivity contribution in [3.05, 3.63) is 29.6 Å². The van der Waals surface area contributed by atoms with E-state index in [1.807, 2.05) is 0 Å². The third-order valence-corrected chi connectivity index (χ3v) is 3.41. The molecule has 94 valence electrons. The Hall–Kier alpha value is -1.13. The molecule has 1 atom stereocenters. The van der Waals surface area contributed by atoms with Crippen molar-refractivity contribution in [1.29, 1.82) is 0 Å². The van der Waals surface area contributed by atoms with Gasteiger partial charge in [-0.1, -0.05) is 0 Å². The summed E-state index contributed by atoms with van der Waals surface area (Å²) in [7, 11) is 4.15. The molecule has 1 unspecified atom stereocenters. The molecule has 0 spiro atoms. The Labute approximate surface area is 101 Å². The summed E-state index contributed by atoms with van der Waals surface area (Å²) in [5.74, 6) is -0.110. The molecule has 1 fully saturated rings. The summed E-state index contributed by atoms with van der Waals surface area (Å²) in [5.41, 5.74) is 0.671. The van der Waals surface area contributed by atoms with Crippen molar-refractivity contribution < 1.29 is 9.50 Å². The number of phenols is 1. The maximum atomic E-state index is 13.1. The molecule has 0 aliphatic carbocycles. The molecule has 0 bridgehead atoms. The van der Waals surface area contributed by atoms with Crippen LogP contribution in [0.15, 0.2) is 18.2 Å². The molecule has 0 radical (unpaired) electrons. The predicted octanol–water partition coefficient (Wildman–Crippen LogP) is 1.67. The Morgan fingerprint density at radius 2 is 2.24 bits per heavy atom. The first-order valence-corrected chi connectivity index (χ1v) is 5.92. The van der Waals surface area contributed by atoms with Gasteiger partial charge < -0.3 is 10.0 Å². The molecule has 0 aromatic heterocycles. The van der Waals surface area contributed by atoms with Gasteiger partial charge in [0.1, 0.15) is 11.6 Å². The fourth-order valence-corrected chi connectivity index (χ4v) is 2.30. The highest BCUT2D eigenvalue weighted by atomic mass is 19.1. The standard InChI is InChI=1S/C13H19FN2O/c1-15(2)12-5-6-16(9-12)8-10-7-11(14)3-4-13(10)17/h3-4,7,12,17H,5-6,8-9H2,1-2H3. The van der Waals surface area contributed by atoms with Crippen molar-refractivity contribution in [2.24, 2.45) is 0 Å². The second-order valence-corrected chi connectivity index (χ2v) is 4.91. The number of rotatable bonds is 3. The average molecular weight is 238 g/mol. The smallest absolute Gasteiger partial charge is 0.123 e. The van der Waals surface area contributed by atoms with Crippen LogP contribution in [-0.2, 0) is 6.54 Å². The number of halogens is 1. The quantitative estimate of drug-likeness (QED) is 0.867. The van der Waals surface area contributed by atoms with Crippen molar-refractivity contribution in [2.45, 2.75) is 19.0 Å². The minimum absolute atomic E-state index is 0.180. The number of nitrogens with zero attached hydrogens (tertiary/aromatic N) is 2. The van der Waals surface area contributed by atoms with Crippen LogP contribution in [0.3, 0.4) is 0 Å². The Balaban J connectivity index is 2.00. The van der Waals surface area contributed by atoms with Gasteiger partial charge in [0.2, 0.25) is 0 Å². The average Bonchev–Trinajstić information content (AvgIpc) is 2.72. The van der Waals surface area contributed by atoms with E-state index in [1.165, 1.54) is 18.2 Å². The van der Waals surface area contributed by atoms with Gasteiger partial charge >= 0.3 is 0 Å². The number of likely N-dealkylation sites (tertiary alicyclic amines) is 1. The molecule has 3 nitrogen and oxygen atoms in total. The maximum Gasteiger partial charge on any atom is 0.123 e. The van der Waals surface area contributed by atoms with E-state index >= 15 is 0 Å². The van der Waals surface area contributed by atoms with Crippen LogP contribution < -0.4 is 0 Å². The van der Waals surface area contributed by atoms with Gasteiger partial charge in [-0.3, -0.25) is 4.90 Å². The molecule has 1 aliphatic rings. The summed E-state index contributed by atoms with van der Waals surface area (Å²) in [6, 6.07) is 4.68. The van der Waals surface area contributed by atoms with Crippen molar-refractivity contribution in [3.63, 3.8) is 0 Å². The van der Waals surface area contributed by atoms with Crippen LogP contribution in [0.4, 0.5) is 4.39 Å². The Bertz CT molecular complexity index is 395. The van der Waals surface area contributed by atoms with Gasteiger partial charge in [0.15, 0.2) is 0 Å². The van der Waals surface area contributed by atoms with Crippen LogP contribution in [0.2, 0.25) is 0 Å². The van der Waals surface area contributed by atoms with Crippen LogP contribution in [0.5, 0.6) is 5.75 Å². The molecule has 1 aromatic rings. The van der Waals surface area contributed by atoms with Gasteiger partial charge in [0, 0.05) is 31.2 Å². The Kier molecular flexibility index (Phi) is 3.64. The fourth-order valence-electron chi connectivity index (χ4n) is 2.30. The number of likely N-dealkylation sites (N-methyl/N-ethyl adjacent to an activating group) is 1. The predicted molar refractivity (Wildman–Crippen MR) is 65.4 cm³/mol. The molecule has 1 heterocycles. The lowest BCUT2D eigenvalue weighted by Gasteiger charge is -2.20. The zero-order chi connectivity index (χ0) is 12.4. The SMILES string of the molecule is CN(C)C1CCN(Cc2cc(F)ccc2O)C1. The van der Waals surface area contributed by atoms with Gasteiger partial charge in [-0.2, -0.15) is 0 Å². The molecule has 0 amide bonds. The second-order valence-electron chi connectivity index (χ2n) is 4.91. The van der Waals surface area contributed by atoms with Crippen molar-refractivity contribution >= 4 is 0 Å². The molecule has 4 heteroatoms. The van der Waals surface area contributed by atoms with E-state index < -0.39 is 0 Å². The van der Waals surface area contributed by atoms with Gasteiger partial charge in [0.05, 0.1) is 0 Å². The summed E-state index contributed by atoms with van der Waals surface area (Å²) in [6.45, 7) is 2.59. The zero-order valence-electron chi connectivity index (χ0n) is 10.4. The van der Waals surface area contributed by atoms with Gasteiger partial charge in [-0.25, -0.2) is 4.39 Å². The molecule has 2 rings (SSSR count). The van der Waals surface area contributed by atoms with Crippen LogP contribution >= 0.6 is 0 Å². The lowest BCUT2D eigenvalue weighted by Crippen LogP contribution is -2.31. The van der Waals surface area contributed by atoms with Crippen molar-refractivity contribution in [2.75, 3.05) is 27.2 Å².